The van der Waals surface area contributed by atoms with E-state index in [1.54, 1.807) is 0 Å². The molecule has 0 aliphatic heterocycles. The molecule has 0 saturated carbocycles. The summed E-state index contributed by atoms with van der Waals surface area (Å²) in [4.78, 5) is 10.6. The normalized spacial score (nSPS) is 11.2. The highest BCUT2D eigenvalue weighted by Gasteiger charge is 2.10. The minimum atomic E-state index is -0.823. The van der Waals surface area contributed by atoms with Crippen LogP contribution in [-0.2, 0) is 18.3 Å². The summed E-state index contributed by atoms with van der Waals surface area (Å²) in [5, 5.41) is 17.7. The van der Waals surface area contributed by atoms with Gasteiger partial charge in [0, 0.05) is 13.5 Å². The van der Waals surface area contributed by atoms with Crippen LogP contribution in [0.25, 0.3) is 0 Å². The average Bonchev–Trinajstić information content (AvgIpc) is 2.97. The van der Waals surface area contributed by atoms with E-state index in [1.807, 2.05) is 11.6 Å². The highest BCUT2D eigenvalue weighted by molar-refractivity contribution is 7.99. The second kappa shape index (κ2) is 15.1. The van der Waals surface area contributed by atoms with Gasteiger partial charge in [0.2, 0.25) is 0 Å². The lowest BCUT2D eigenvalue weighted by atomic mass is 10.0. The Hall–Kier alpha value is -1.04. The molecule has 26 heavy (non-hydrogen) atoms. The van der Waals surface area contributed by atoms with E-state index in [4.69, 9.17) is 5.11 Å². The molecule has 0 spiro atoms. The summed E-state index contributed by atoms with van der Waals surface area (Å²) in [5.74, 6) is 0.169. The van der Waals surface area contributed by atoms with Crippen LogP contribution in [0.5, 0.6) is 0 Å². The highest BCUT2D eigenvalue weighted by Crippen LogP contribution is 2.17. The summed E-state index contributed by atoms with van der Waals surface area (Å²) < 4.78 is 1.92. The molecule has 0 unspecified atom stereocenters. The number of aromatic nitrogens is 3. The first-order valence-electron chi connectivity index (χ1n) is 10.4. The molecular weight excluding hydrogens is 346 g/mol. The second-order valence-corrected chi connectivity index (χ2v) is 8.08. The molecule has 0 fully saturated rings. The van der Waals surface area contributed by atoms with Crippen LogP contribution < -0.4 is 0 Å². The van der Waals surface area contributed by atoms with Crippen LogP contribution in [0, 0.1) is 0 Å². The van der Waals surface area contributed by atoms with Crippen LogP contribution >= 0.6 is 11.8 Å². The van der Waals surface area contributed by atoms with Crippen molar-refractivity contribution in [3.63, 3.8) is 0 Å². The average molecular weight is 384 g/mol. The third-order valence-corrected chi connectivity index (χ3v) is 5.76. The Labute approximate surface area is 163 Å². The SMILES string of the molecule is CCCCCCCCCCCCCCCc1nnc(SCC(=O)O)n1C. The Morgan fingerprint density at radius 2 is 1.38 bits per heavy atom. The third kappa shape index (κ3) is 10.8. The maximum absolute atomic E-state index is 10.6. The molecule has 1 N–H and O–H groups in total. The minimum absolute atomic E-state index is 0.0325. The number of unbranched alkanes of at least 4 members (excludes halogenated alkanes) is 12. The number of carboxylic acid groups (broad SMARTS) is 1. The lowest BCUT2D eigenvalue weighted by Crippen LogP contribution is -2.02. The Morgan fingerprint density at radius 3 is 1.88 bits per heavy atom. The Morgan fingerprint density at radius 1 is 0.885 bits per heavy atom. The molecule has 5 nitrogen and oxygen atoms in total. The van der Waals surface area contributed by atoms with Crippen molar-refractivity contribution in [3.8, 4) is 0 Å². The van der Waals surface area contributed by atoms with Crippen molar-refractivity contribution in [2.75, 3.05) is 5.75 Å². The van der Waals surface area contributed by atoms with E-state index in [-0.39, 0.29) is 5.75 Å². The number of nitrogens with zero attached hydrogens (tertiary/aromatic N) is 3. The zero-order chi connectivity index (χ0) is 19.0. The van der Waals surface area contributed by atoms with Gasteiger partial charge in [-0.05, 0) is 6.42 Å². The van der Waals surface area contributed by atoms with E-state index >= 15 is 0 Å². The van der Waals surface area contributed by atoms with Gasteiger partial charge in [0.1, 0.15) is 5.82 Å². The molecule has 0 bridgehead atoms. The summed E-state index contributed by atoms with van der Waals surface area (Å²) in [6.45, 7) is 2.27. The van der Waals surface area contributed by atoms with Crippen LogP contribution in [0.15, 0.2) is 5.16 Å². The summed E-state index contributed by atoms with van der Waals surface area (Å²) in [7, 11) is 1.92. The van der Waals surface area contributed by atoms with Gasteiger partial charge >= 0.3 is 5.97 Å². The van der Waals surface area contributed by atoms with E-state index in [2.05, 4.69) is 17.1 Å². The second-order valence-electron chi connectivity index (χ2n) is 7.13. The van der Waals surface area contributed by atoms with Crippen molar-refractivity contribution in [1.82, 2.24) is 14.8 Å². The molecule has 1 rings (SSSR count). The van der Waals surface area contributed by atoms with Crippen LogP contribution in [0.4, 0.5) is 0 Å². The van der Waals surface area contributed by atoms with Crippen molar-refractivity contribution in [3.05, 3.63) is 5.82 Å². The third-order valence-electron chi connectivity index (χ3n) is 4.75. The maximum atomic E-state index is 10.6. The van der Waals surface area contributed by atoms with E-state index in [9.17, 15) is 4.79 Å². The van der Waals surface area contributed by atoms with Crippen LogP contribution in [0.1, 0.15) is 96.2 Å². The molecule has 0 aliphatic carbocycles. The van der Waals surface area contributed by atoms with E-state index in [1.165, 1.54) is 88.8 Å². The van der Waals surface area contributed by atoms with Gasteiger partial charge in [0.25, 0.3) is 0 Å². The molecule has 150 valence electrons. The van der Waals surface area contributed by atoms with Crippen LogP contribution in [0.2, 0.25) is 0 Å². The fraction of sp³-hybridized carbons (Fsp3) is 0.850. The van der Waals surface area contributed by atoms with Gasteiger partial charge < -0.3 is 9.67 Å². The minimum Gasteiger partial charge on any atom is -0.481 e. The number of aliphatic carboxylic acids is 1. The van der Waals surface area contributed by atoms with Gasteiger partial charge in [0.05, 0.1) is 5.75 Å². The summed E-state index contributed by atoms with van der Waals surface area (Å²) >= 11 is 1.23. The summed E-state index contributed by atoms with van der Waals surface area (Å²) in [6.07, 6.45) is 18.5. The number of aryl methyl sites for hydroxylation is 1. The molecular formula is C20H37N3O2S. The topological polar surface area (TPSA) is 68.0 Å². The predicted molar refractivity (Wildman–Crippen MR) is 109 cm³/mol. The largest absolute Gasteiger partial charge is 0.481 e. The zero-order valence-corrected chi connectivity index (χ0v) is 17.5. The Balaban J connectivity index is 1.95. The quantitative estimate of drug-likeness (QED) is 0.279. The van der Waals surface area contributed by atoms with Gasteiger partial charge in [-0.25, -0.2) is 0 Å². The number of hydrogen-bond acceptors (Lipinski definition) is 4. The predicted octanol–water partition coefficient (Wildman–Crippen LogP) is 5.63. The first-order chi connectivity index (χ1) is 12.6. The van der Waals surface area contributed by atoms with Crippen molar-refractivity contribution in [1.29, 1.82) is 0 Å². The van der Waals surface area contributed by atoms with Crippen molar-refractivity contribution in [2.45, 2.75) is 102 Å². The highest BCUT2D eigenvalue weighted by atomic mass is 32.2. The van der Waals surface area contributed by atoms with Gasteiger partial charge in [-0.3, -0.25) is 4.79 Å². The summed E-state index contributed by atoms with van der Waals surface area (Å²) in [6, 6.07) is 0. The molecule has 0 amide bonds. The Bertz CT molecular complexity index is 491. The number of carbonyl (C=O) groups is 1. The first kappa shape index (κ1) is 23.0. The maximum Gasteiger partial charge on any atom is 0.313 e. The molecule has 0 atom stereocenters. The number of hydrogen-bond donors (Lipinski definition) is 1. The monoisotopic (exact) mass is 383 g/mol. The lowest BCUT2D eigenvalue weighted by molar-refractivity contribution is -0.133. The smallest absolute Gasteiger partial charge is 0.313 e. The molecule has 0 saturated heterocycles. The molecule has 1 heterocycles. The fourth-order valence-electron chi connectivity index (χ4n) is 3.12. The zero-order valence-electron chi connectivity index (χ0n) is 16.7. The van der Waals surface area contributed by atoms with Gasteiger partial charge in [-0.15, -0.1) is 10.2 Å². The van der Waals surface area contributed by atoms with Crippen molar-refractivity contribution < 1.29 is 9.90 Å². The fourth-order valence-corrected chi connectivity index (χ4v) is 3.77. The first-order valence-corrected chi connectivity index (χ1v) is 11.4. The number of thioether (sulfide) groups is 1. The van der Waals surface area contributed by atoms with Crippen molar-refractivity contribution in [2.24, 2.45) is 7.05 Å². The van der Waals surface area contributed by atoms with E-state index < -0.39 is 5.97 Å². The molecule has 0 radical (unpaired) electrons. The van der Waals surface area contributed by atoms with E-state index in [0.717, 1.165) is 18.7 Å². The molecule has 1 aromatic rings. The van der Waals surface area contributed by atoms with Gasteiger partial charge in [-0.2, -0.15) is 0 Å². The molecule has 6 heteroatoms. The Kier molecular flexibility index (Phi) is 13.3. The lowest BCUT2D eigenvalue weighted by Gasteiger charge is -2.04. The molecule has 0 aliphatic rings. The molecule has 0 aromatic carbocycles. The van der Waals surface area contributed by atoms with Gasteiger partial charge in [0.15, 0.2) is 5.16 Å². The standard InChI is InChI=1S/C20H37N3O2S/c1-3-4-5-6-7-8-9-10-11-12-13-14-15-16-18-21-22-20(23(18)2)26-17-19(24)25/h3-17H2,1-2H3,(H,24,25). The number of rotatable bonds is 17. The van der Waals surface area contributed by atoms with Crippen LogP contribution in [0.3, 0.4) is 0 Å². The molecule has 1 aromatic heterocycles. The number of carboxylic acids is 1. The van der Waals surface area contributed by atoms with Crippen molar-refractivity contribution >= 4 is 17.7 Å². The van der Waals surface area contributed by atoms with Crippen LogP contribution in [-0.4, -0.2) is 31.6 Å². The van der Waals surface area contributed by atoms with Gasteiger partial charge in [-0.1, -0.05) is 95.7 Å². The summed E-state index contributed by atoms with van der Waals surface area (Å²) in [5.41, 5.74) is 0. The van der Waals surface area contributed by atoms with E-state index in [0.29, 0.717) is 5.16 Å².